The quantitative estimate of drug-likeness (QED) is 0.0321. The third-order valence-corrected chi connectivity index (χ3v) is 43.4. The van der Waals surface area contributed by atoms with Crippen molar-refractivity contribution in [2.45, 2.75) is 394 Å². The zero-order valence-corrected chi connectivity index (χ0v) is 109. The van der Waals surface area contributed by atoms with Gasteiger partial charge in [-0.3, -0.25) is 0 Å². The summed E-state index contributed by atoms with van der Waals surface area (Å²) in [5.74, 6) is 8.35. The summed E-state index contributed by atoms with van der Waals surface area (Å²) >= 11 is 0. The van der Waals surface area contributed by atoms with Crippen LogP contribution in [-0.4, -0.2) is 248 Å². The molecule has 0 saturated carbocycles. The molecule has 0 aliphatic rings. The highest BCUT2D eigenvalue weighted by molar-refractivity contribution is 6.78. The summed E-state index contributed by atoms with van der Waals surface area (Å²) in [6, 6.07) is 34.5. The monoisotopic (exact) mass is 2220 g/mol. The van der Waals surface area contributed by atoms with Gasteiger partial charge in [0, 0.05) is 150 Å². The van der Waals surface area contributed by atoms with Gasteiger partial charge in [0.1, 0.15) is 118 Å². The molecule has 0 fully saturated rings. The Morgan fingerprint density at radius 3 is 0.733 bits per heavy atom. The van der Waals surface area contributed by atoms with Crippen LogP contribution < -0.4 is 88.0 Å². The van der Waals surface area contributed by atoms with Gasteiger partial charge in [-0.2, -0.15) is 0 Å². The molecule has 6 aromatic rings. The third kappa shape index (κ3) is 41.8. The van der Waals surface area contributed by atoms with Crippen molar-refractivity contribution >= 4 is 83.9 Å². The van der Waals surface area contributed by atoms with Crippen LogP contribution >= 0.6 is 0 Å². The first kappa shape index (κ1) is 142. The molecule has 6 aromatic carbocycles. The van der Waals surface area contributed by atoms with Crippen LogP contribution in [0.25, 0.3) is 0 Å². The van der Waals surface area contributed by atoms with Gasteiger partial charge >= 0.3 is 52.8 Å². The third-order valence-electron chi connectivity index (χ3n) is 27.4. The van der Waals surface area contributed by atoms with Crippen LogP contribution in [-0.2, 0) is 79.7 Å². The highest BCUT2D eigenvalue weighted by atomic mass is 28.4. The molecule has 36 heteroatoms. The molecule has 0 aromatic heterocycles. The average molecular weight is 2220 g/mol. The van der Waals surface area contributed by atoms with Crippen molar-refractivity contribution in [1.82, 2.24) is 0 Å². The lowest BCUT2D eigenvalue weighted by atomic mass is 10.1. The second-order valence-corrected chi connectivity index (χ2v) is 60.8. The fourth-order valence-electron chi connectivity index (χ4n) is 13.5. The van der Waals surface area contributed by atoms with E-state index in [1.807, 2.05) is 123 Å². The molecule has 0 unspecified atom stereocenters. The molecule has 0 amide bonds. The molecule has 0 saturated heterocycles. The van der Waals surface area contributed by atoms with Gasteiger partial charge in [-0.25, -0.2) is 0 Å². The molecule has 0 bridgehead atoms. The Morgan fingerprint density at radius 1 is 0.160 bits per heavy atom. The number of para-hydroxylation sites is 1. The maximum atomic E-state index is 6.38. The maximum Gasteiger partial charge on any atom is 0.544 e. The topological polar surface area (TPSA) is 277 Å². The summed E-state index contributed by atoms with van der Waals surface area (Å²) in [6.07, 6.45) is 10.5. The SMILES string of the molecule is CCC(C)(C)Oc1cc(OC(C)(C)CC)cc([Si](OC)(OC)OC)c1.CCC(C)(C)Oc1ccc(OC(C)(C)CC)c([Si](OC)(OC)OC)c1.CCC(C)(C)Oc1ccc([Si](OC)(OC)OC)c(OC(C)(C)CC)c1.CCC(C)(C)Oc1ccc([Si](OC)(OC)OC)cc1OC(C)(C)CC.CCC(C)(C)Oc1cccc(OC(C)(C)CC)c1[Si](OC)(OC)OC.CCC(C)(C)Oc1cccc([Si](OC)(OC)OC)c1OC(C)(C)CC. The largest absolute Gasteiger partial charge is 0.544 e. The van der Waals surface area contributed by atoms with Gasteiger partial charge in [0.05, 0.1) is 15.6 Å². The standard InChI is InChI=1S/6C19H34O5Si/c1-10-18(3,4)23-15-12-16(24-19(5,6)11-2)14-17(13-15)25(20-7,21-8)22-9;1-10-18(3,4)23-15-12-13-17(25(20-7,21-8)22-9)16(14-15)24-19(5,6)11-2;1-10-18(3,4)23-16-13-12-15(25(20-7,21-8)22-9)14-17(16)24-19(5,6)11-2;1-10-18(3,4)23-15-12-13-16(24-19(5,6)11-2)17(14-15)25(20-7,21-8)22-9;1-10-18(3,4)23-15-13-12-14-16(25(20-7,21-8)22-9)17(15)24-19(5,6)11-2;1-10-18(3,4)23-15-13-12-14-16(24-19(5,6)11-2)17(15)25(20-7,21-8)22-9/h6*12-14H,10-11H2,1-9H3. The Morgan fingerprint density at radius 2 is 0.400 bits per heavy atom. The van der Waals surface area contributed by atoms with Crippen LogP contribution in [0.15, 0.2) is 109 Å². The number of rotatable bonds is 60. The van der Waals surface area contributed by atoms with Crippen LogP contribution in [0.5, 0.6) is 69.0 Å². The number of hydrogen-bond acceptors (Lipinski definition) is 30. The molecule has 0 aliphatic heterocycles. The van der Waals surface area contributed by atoms with E-state index in [9.17, 15) is 0 Å². The van der Waals surface area contributed by atoms with Gasteiger partial charge < -0.3 is 137 Å². The molecular weight excluding hydrogens is 2020 g/mol. The summed E-state index contributed by atoms with van der Waals surface area (Å²) in [5, 5.41) is 4.71. The van der Waals surface area contributed by atoms with Crippen LogP contribution in [0.1, 0.15) is 326 Å². The van der Waals surface area contributed by atoms with Crippen molar-refractivity contribution < 1.29 is 137 Å². The normalized spacial score (nSPS) is 13.0. The first-order chi connectivity index (χ1) is 69.5. The van der Waals surface area contributed by atoms with Crippen molar-refractivity contribution in [1.29, 1.82) is 0 Å². The van der Waals surface area contributed by atoms with E-state index < -0.39 is 52.8 Å². The van der Waals surface area contributed by atoms with E-state index in [0.29, 0.717) is 57.5 Å². The number of benzene rings is 6. The van der Waals surface area contributed by atoms with Crippen molar-refractivity contribution in [3.8, 4) is 69.0 Å². The smallest absolute Gasteiger partial charge is 0.488 e. The lowest BCUT2D eigenvalue weighted by Crippen LogP contribution is -2.56. The minimum atomic E-state index is -3.16. The molecule has 6 rings (SSSR count). The summed E-state index contributed by atoms with van der Waals surface area (Å²) in [7, 11) is 10.5. The van der Waals surface area contributed by atoms with Crippen molar-refractivity contribution in [3.63, 3.8) is 0 Å². The van der Waals surface area contributed by atoms with Crippen LogP contribution in [0.2, 0.25) is 0 Å². The Bertz CT molecular complexity index is 4680. The maximum absolute atomic E-state index is 6.38. The van der Waals surface area contributed by atoms with Gasteiger partial charge in [0.15, 0.2) is 23.0 Å². The molecule has 0 spiro atoms. The zero-order chi connectivity index (χ0) is 116. The fraction of sp³-hybridized carbons (Fsp3) is 0.684. The van der Waals surface area contributed by atoms with Crippen molar-refractivity contribution in [3.05, 3.63) is 109 Å². The predicted molar refractivity (Wildman–Crippen MR) is 617 cm³/mol. The Hall–Kier alpha value is -6.50. The fourth-order valence-corrected chi connectivity index (χ4v) is 24.8. The Balaban J connectivity index is 0.000000900. The van der Waals surface area contributed by atoms with E-state index in [1.165, 1.54) is 0 Å². The zero-order valence-electron chi connectivity index (χ0n) is 103. The van der Waals surface area contributed by atoms with E-state index in [-0.39, 0.29) is 67.2 Å². The predicted octanol–water partition coefficient (Wildman–Crippen LogP) is 23.4. The minimum absolute atomic E-state index is 0.253. The molecule has 0 N–H and O–H groups in total. The first-order valence-corrected chi connectivity index (χ1v) is 62.9. The molecule has 0 radical (unpaired) electrons. The lowest BCUT2D eigenvalue weighted by molar-refractivity contribution is 0.0720. The van der Waals surface area contributed by atoms with Crippen molar-refractivity contribution in [2.24, 2.45) is 0 Å². The van der Waals surface area contributed by atoms with Gasteiger partial charge in [-0.05, 0) is 316 Å². The lowest BCUT2D eigenvalue weighted by Gasteiger charge is -2.34. The van der Waals surface area contributed by atoms with Gasteiger partial charge in [0.25, 0.3) is 0 Å². The number of hydrogen-bond donors (Lipinski definition) is 0. The highest BCUT2D eigenvalue weighted by Gasteiger charge is 2.52. The summed E-state index contributed by atoms with van der Waals surface area (Å²) in [6.45, 7) is 74.5. The number of ether oxygens (including phenoxy) is 12. The summed E-state index contributed by atoms with van der Waals surface area (Å²) < 4.78 is 177. The molecule has 864 valence electrons. The Labute approximate surface area is 914 Å². The van der Waals surface area contributed by atoms with E-state index in [1.54, 1.807) is 128 Å². The molecule has 0 atom stereocenters. The van der Waals surface area contributed by atoms with Crippen molar-refractivity contribution in [2.75, 3.05) is 128 Å². The van der Waals surface area contributed by atoms with Crippen LogP contribution in [0.3, 0.4) is 0 Å². The van der Waals surface area contributed by atoms with E-state index in [0.717, 1.165) is 120 Å². The molecule has 150 heavy (non-hydrogen) atoms. The first-order valence-electron chi connectivity index (χ1n) is 52.6. The molecular formula is C114H204O30Si6. The highest BCUT2D eigenvalue weighted by Crippen LogP contribution is 2.41. The van der Waals surface area contributed by atoms with Crippen LogP contribution in [0, 0.1) is 0 Å². The molecule has 0 aliphatic carbocycles. The van der Waals surface area contributed by atoms with Gasteiger partial charge in [0.2, 0.25) is 0 Å². The van der Waals surface area contributed by atoms with Gasteiger partial charge in [-0.15, -0.1) is 0 Å². The average Bonchev–Trinajstić information content (AvgIpc) is 0.773. The van der Waals surface area contributed by atoms with E-state index >= 15 is 0 Å². The van der Waals surface area contributed by atoms with E-state index in [2.05, 4.69) is 235 Å². The minimum Gasteiger partial charge on any atom is -0.488 e. The van der Waals surface area contributed by atoms with Gasteiger partial charge in [-0.1, -0.05) is 107 Å². The molecule has 30 nitrogen and oxygen atoms in total. The second kappa shape index (κ2) is 61.4. The van der Waals surface area contributed by atoms with E-state index in [4.69, 9.17) is 137 Å². The molecule has 0 heterocycles. The second-order valence-electron chi connectivity index (χ2n) is 43.5. The Kier molecular flexibility index (Phi) is 58.0. The summed E-state index contributed by atoms with van der Waals surface area (Å²) in [4.78, 5) is 0. The van der Waals surface area contributed by atoms with Crippen LogP contribution in [0.4, 0.5) is 0 Å². The summed E-state index contributed by atoms with van der Waals surface area (Å²) in [5.41, 5.74) is -3.66.